The molecule has 1 aromatic heterocycles. The third-order valence-electron chi connectivity index (χ3n) is 6.91. The van der Waals surface area contributed by atoms with Gasteiger partial charge in [0.05, 0.1) is 16.4 Å². The summed E-state index contributed by atoms with van der Waals surface area (Å²) in [6, 6.07) is 15.4. The molecule has 1 aliphatic heterocycles. The maximum absolute atomic E-state index is 6.39. The Balaban J connectivity index is 1.17. The third kappa shape index (κ3) is 3.91. The van der Waals surface area contributed by atoms with E-state index in [0.717, 1.165) is 48.8 Å². The molecular formula is C27H26ClN3. The molecule has 1 N–H and O–H groups in total. The highest BCUT2D eigenvalue weighted by Crippen LogP contribution is 2.32. The van der Waals surface area contributed by atoms with E-state index < -0.39 is 0 Å². The summed E-state index contributed by atoms with van der Waals surface area (Å²) >= 11 is 6.39. The van der Waals surface area contributed by atoms with Gasteiger partial charge in [-0.1, -0.05) is 41.6 Å². The Kier molecular flexibility index (Phi) is 4.86. The average molecular weight is 428 g/mol. The van der Waals surface area contributed by atoms with Gasteiger partial charge in [0.15, 0.2) is 0 Å². The smallest absolute Gasteiger partial charge is 0.139 e. The van der Waals surface area contributed by atoms with Crippen LogP contribution in [0.25, 0.3) is 11.4 Å². The summed E-state index contributed by atoms with van der Waals surface area (Å²) in [5.74, 6) is 8.32. The normalized spacial score (nSPS) is 20.5. The molecule has 3 nitrogen and oxygen atoms in total. The second-order valence-electron chi connectivity index (χ2n) is 9.13. The van der Waals surface area contributed by atoms with Crippen molar-refractivity contribution in [1.82, 2.24) is 14.9 Å². The second-order valence-corrected chi connectivity index (χ2v) is 9.54. The number of nitrogens with one attached hydrogen (secondary N) is 1. The molecule has 1 fully saturated rings. The Labute approximate surface area is 188 Å². The number of hydrogen-bond acceptors (Lipinski definition) is 2. The minimum atomic E-state index is 0.594. The number of hydrogen-bond donors (Lipinski definition) is 1. The zero-order valence-electron chi connectivity index (χ0n) is 17.6. The number of rotatable bonds is 2. The number of aryl methyl sites for hydroxylation is 1. The Bertz CT molecular complexity index is 1190. The lowest BCUT2D eigenvalue weighted by Crippen LogP contribution is -2.42. The van der Waals surface area contributed by atoms with Crippen molar-refractivity contribution in [2.75, 3.05) is 6.54 Å². The van der Waals surface area contributed by atoms with Crippen molar-refractivity contribution in [2.45, 2.75) is 51.1 Å². The van der Waals surface area contributed by atoms with Crippen molar-refractivity contribution < 1.29 is 0 Å². The lowest BCUT2D eigenvalue weighted by molar-refractivity contribution is 0.160. The summed E-state index contributed by atoms with van der Waals surface area (Å²) in [6.07, 6.45) is 7.06. The fraction of sp³-hybridized carbons (Fsp3) is 0.370. The maximum atomic E-state index is 6.39. The molecule has 0 bridgehead atoms. The number of fused-ring (bicyclic) bond motifs is 2. The van der Waals surface area contributed by atoms with Crippen LogP contribution in [0.3, 0.4) is 0 Å². The van der Waals surface area contributed by atoms with Gasteiger partial charge in [-0.25, -0.2) is 4.98 Å². The quantitative estimate of drug-likeness (QED) is 0.555. The SMILES string of the molecule is Clc1ccccc1-c1nc2c([nH]1)CN(C1CCc3cc(C#CC4CC4)ccc3C1)CC2. The molecule has 156 valence electrons. The summed E-state index contributed by atoms with van der Waals surface area (Å²) in [6.45, 7) is 2.02. The van der Waals surface area contributed by atoms with E-state index in [1.807, 2.05) is 24.3 Å². The van der Waals surface area contributed by atoms with Crippen molar-refractivity contribution in [3.05, 3.63) is 75.6 Å². The molecule has 2 heterocycles. The van der Waals surface area contributed by atoms with E-state index in [1.165, 1.54) is 47.3 Å². The van der Waals surface area contributed by atoms with Gasteiger partial charge in [-0.2, -0.15) is 0 Å². The molecule has 2 aliphatic carbocycles. The number of benzene rings is 2. The van der Waals surface area contributed by atoms with Gasteiger partial charge in [0.1, 0.15) is 5.82 Å². The highest BCUT2D eigenvalue weighted by molar-refractivity contribution is 6.33. The van der Waals surface area contributed by atoms with E-state index >= 15 is 0 Å². The van der Waals surface area contributed by atoms with Gasteiger partial charge in [-0.15, -0.1) is 0 Å². The minimum Gasteiger partial charge on any atom is -0.340 e. The van der Waals surface area contributed by atoms with E-state index in [2.05, 4.69) is 39.9 Å². The van der Waals surface area contributed by atoms with Gasteiger partial charge in [0, 0.05) is 42.6 Å². The van der Waals surface area contributed by atoms with E-state index in [0.29, 0.717) is 12.0 Å². The molecule has 3 aliphatic rings. The van der Waals surface area contributed by atoms with Crippen LogP contribution in [0.5, 0.6) is 0 Å². The number of nitrogens with zero attached hydrogens (tertiary/aromatic N) is 2. The van der Waals surface area contributed by atoms with E-state index in [9.17, 15) is 0 Å². The van der Waals surface area contributed by atoms with E-state index in [4.69, 9.17) is 16.6 Å². The number of H-pyrrole nitrogens is 1. The van der Waals surface area contributed by atoms with Crippen molar-refractivity contribution in [3.63, 3.8) is 0 Å². The second kappa shape index (κ2) is 7.86. The fourth-order valence-electron chi connectivity index (χ4n) is 4.95. The average Bonchev–Trinajstić information content (AvgIpc) is 3.54. The summed E-state index contributed by atoms with van der Waals surface area (Å²) in [5, 5.41) is 0.746. The standard InChI is InChI=1S/C27H26ClN3/c28-24-4-2-1-3-23(24)27-29-25-13-14-31(17-26(25)30-27)22-12-11-20-15-19(8-7-18-5-6-18)9-10-21(20)16-22/h1-4,9-10,15,18,22H,5-6,11-14,16-17H2,(H,29,30). The zero-order chi connectivity index (χ0) is 20.8. The van der Waals surface area contributed by atoms with Gasteiger partial charge in [0.2, 0.25) is 0 Å². The first kappa shape index (κ1) is 19.2. The maximum Gasteiger partial charge on any atom is 0.139 e. The van der Waals surface area contributed by atoms with Crippen molar-refractivity contribution in [2.24, 2.45) is 5.92 Å². The molecule has 2 aromatic carbocycles. The molecule has 31 heavy (non-hydrogen) atoms. The Morgan fingerprint density at radius 1 is 1.03 bits per heavy atom. The van der Waals surface area contributed by atoms with Crippen LogP contribution in [0.2, 0.25) is 5.02 Å². The molecular weight excluding hydrogens is 402 g/mol. The first-order valence-corrected chi connectivity index (χ1v) is 11.8. The van der Waals surface area contributed by atoms with E-state index in [-0.39, 0.29) is 0 Å². The van der Waals surface area contributed by atoms with Crippen molar-refractivity contribution in [1.29, 1.82) is 0 Å². The van der Waals surface area contributed by atoms with Crippen molar-refractivity contribution >= 4 is 11.6 Å². The molecule has 1 unspecified atom stereocenters. The van der Waals surface area contributed by atoms with Crippen LogP contribution in [0, 0.1) is 17.8 Å². The minimum absolute atomic E-state index is 0.594. The van der Waals surface area contributed by atoms with Gasteiger partial charge in [-0.05, 0) is 67.5 Å². The molecule has 1 saturated carbocycles. The molecule has 1 atom stereocenters. The van der Waals surface area contributed by atoms with Crippen LogP contribution >= 0.6 is 11.6 Å². The topological polar surface area (TPSA) is 31.9 Å². The molecule has 0 saturated heterocycles. The Hall–Kier alpha value is -2.54. The molecule has 4 heteroatoms. The lowest BCUT2D eigenvalue weighted by Gasteiger charge is -2.37. The van der Waals surface area contributed by atoms with Crippen molar-refractivity contribution in [3.8, 4) is 23.2 Å². The number of imidazole rings is 1. The lowest BCUT2D eigenvalue weighted by atomic mass is 9.86. The molecule has 0 spiro atoms. The zero-order valence-corrected chi connectivity index (χ0v) is 18.4. The van der Waals surface area contributed by atoms with Crippen LogP contribution in [-0.4, -0.2) is 27.5 Å². The molecule has 3 aromatic rings. The summed E-state index contributed by atoms with van der Waals surface area (Å²) in [7, 11) is 0. The first-order valence-electron chi connectivity index (χ1n) is 11.4. The van der Waals surface area contributed by atoms with Crippen LogP contribution in [-0.2, 0) is 25.8 Å². The Morgan fingerprint density at radius 3 is 2.81 bits per heavy atom. The van der Waals surface area contributed by atoms with Gasteiger partial charge >= 0.3 is 0 Å². The van der Waals surface area contributed by atoms with Crippen LogP contribution < -0.4 is 0 Å². The monoisotopic (exact) mass is 427 g/mol. The van der Waals surface area contributed by atoms with Gasteiger partial charge < -0.3 is 4.98 Å². The van der Waals surface area contributed by atoms with Gasteiger partial charge in [0.25, 0.3) is 0 Å². The highest BCUT2D eigenvalue weighted by atomic mass is 35.5. The first-order chi connectivity index (χ1) is 15.2. The largest absolute Gasteiger partial charge is 0.340 e. The highest BCUT2D eigenvalue weighted by Gasteiger charge is 2.29. The fourth-order valence-corrected chi connectivity index (χ4v) is 5.17. The third-order valence-corrected chi connectivity index (χ3v) is 7.24. The number of halogens is 1. The van der Waals surface area contributed by atoms with Crippen LogP contribution in [0.1, 0.15) is 47.3 Å². The number of aromatic amines is 1. The van der Waals surface area contributed by atoms with Gasteiger partial charge in [-0.3, -0.25) is 4.90 Å². The molecule has 0 radical (unpaired) electrons. The molecule has 0 amide bonds. The molecule has 6 rings (SSSR count). The Morgan fingerprint density at radius 2 is 1.94 bits per heavy atom. The summed E-state index contributed by atoms with van der Waals surface area (Å²) < 4.78 is 0. The predicted molar refractivity (Wildman–Crippen MR) is 125 cm³/mol. The summed E-state index contributed by atoms with van der Waals surface area (Å²) in [4.78, 5) is 11.1. The number of aromatic nitrogens is 2. The van der Waals surface area contributed by atoms with E-state index in [1.54, 1.807) is 0 Å². The predicted octanol–water partition coefficient (Wildman–Crippen LogP) is 5.41. The van der Waals surface area contributed by atoms with Crippen LogP contribution in [0.15, 0.2) is 42.5 Å². The van der Waals surface area contributed by atoms with Crippen LogP contribution in [0.4, 0.5) is 0 Å². The summed E-state index contributed by atoms with van der Waals surface area (Å²) in [5.41, 5.74) is 7.62.